The number of aryl methyl sites for hydroxylation is 2. The molecule has 2 aromatic carbocycles. The zero-order valence-corrected chi connectivity index (χ0v) is 11.6. The number of carbonyl (C=O) groups is 1. The Bertz CT molecular complexity index is 666. The van der Waals surface area contributed by atoms with Crippen LogP contribution in [0.4, 0.5) is 5.69 Å². The van der Waals surface area contributed by atoms with Crippen molar-refractivity contribution in [3.05, 3.63) is 64.7 Å². The Morgan fingerprint density at radius 2 is 1.80 bits per heavy atom. The van der Waals surface area contributed by atoms with Crippen molar-refractivity contribution in [2.45, 2.75) is 20.3 Å². The van der Waals surface area contributed by atoms with E-state index in [1.165, 1.54) is 5.56 Å². The molecule has 0 spiro atoms. The molecular formula is C17H16N2O. The van der Waals surface area contributed by atoms with Crippen LogP contribution in [0.2, 0.25) is 0 Å². The Hall–Kier alpha value is -2.60. The first-order chi connectivity index (χ1) is 9.58. The highest BCUT2D eigenvalue weighted by molar-refractivity contribution is 5.92. The topological polar surface area (TPSA) is 52.9 Å². The lowest BCUT2D eigenvalue weighted by atomic mass is 10.1. The summed E-state index contributed by atoms with van der Waals surface area (Å²) in [6.45, 7) is 4.06. The lowest BCUT2D eigenvalue weighted by molar-refractivity contribution is -0.115. The van der Waals surface area contributed by atoms with Crippen molar-refractivity contribution in [1.29, 1.82) is 5.26 Å². The minimum atomic E-state index is -0.0574. The summed E-state index contributed by atoms with van der Waals surface area (Å²) in [5.74, 6) is -0.0574. The molecule has 3 heteroatoms. The first-order valence-corrected chi connectivity index (χ1v) is 6.44. The largest absolute Gasteiger partial charge is 0.326 e. The Morgan fingerprint density at radius 1 is 1.10 bits per heavy atom. The molecular weight excluding hydrogens is 248 g/mol. The van der Waals surface area contributed by atoms with Crippen LogP contribution in [-0.4, -0.2) is 5.91 Å². The molecule has 0 radical (unpaired) electrons. The van der Waals surface area contributed by atoms with E-state index in [0.717, 1.165) is 16.8 Å². The average molecular weight is 264 g/mol. The van der Waals surface area contributed by atoms with Gasteiger partial charge in [-0.3, -0.25) is 4.79 Å². The highest BCUT2D eigenvalue weighted by Crippen LogP contribution is 2.14. The molecule has 100 valence electrons. The maximum atomic E-state index is 12.0. The van der Waals surface area contributed by atoms with E-state index in [-0.39, 0.29) is 5.91 Å². The monoisotopic (exact) mass is 264 g/mol. The maximum absolute atomic E-state index is 12.0. The number of hydrogen-bond donors (Lipinski definition) is 1. The molecule has 0 atom stereocenters. The van der Waals surface area contributed by atoms with Crippen LogP contribution in [0.15, 0.2) is 42.5 Å². The van der Waals surface area contributed by atoms with Crippen molar-refractivity contribution in [3.63, 3.8) is 0 Å². The third-order valence-electron chi connectivity index (χ3n) is 3.24. The van der Waals surface area contributed by atoms with Crippen LogP contribution in [0.3, 0.4) is 0 Å². The number of amides is 1. The van der Waals surface area contributed by atoms with E-state index in [0.29, 0.717) is 12.0 Å². The van der Waals surface area contributed by atoms with Gasteiger partial charge in [0.2, 0.25) is 5.91 Å². The van der Waals surface area contributed by atoms with E-state index in [2.05, 4.69) is 11.4 Å². The molecule has 2 aromatic rings. The highest BCUT2D eigenvalue weighted by Gasteiger charge is 2.05. The van der Waals surface area contributed by atoms with Crippen molar-refractivity contribution >= 4 is 11.6 Å². The van der Waals surface area contributed by atoms with E-state index in [9.17, 15) is 4.79 Å². The van der Waals surface area contributed by atoms with E-state index >= 15 is 0 Å². The van der Waals surface area contributed by atoms with Gasteiger partial charge in [-0.1, -0.05) is 18.2 Å². The second kappa shape index (κ2) is 6.03. The van der Waals surface area contributed by atoms with Gasteiger partial charge >= 0.3 is 0 Å². The maximum Gasteiger partial charge on any atom is 0.228 e. The fraction of sp³-hybridized carbons (Fsp3) is 0.176. The molecule has 0 aromatic heterocycles. The average Bonchev–Trinajstić information content (AvgIpc) is 2.44. The lowest BCUT2D eigenvalue weighted by Crippen LogP contribution is -2.14. The van der Waals surface area contributed by atoms with Crippen LogP contribution >= 0.6 is 0 Å². The van der Waals surface area contributed by atoms with Crippen molar-refractivity contribution in [2.75, 3.05) is 5.32 Å². The Kier molecular flexibility index (Phi) is 4.17. The summed E-state index contributed by atoms with van der Waals surface area (Å²) in [5, 5.41) is 11.6. The van der Waals surface area contributed by atoms with Crippen LogP contribution in [-0.2, 0) is 11.2 Å². The summed E-state index contributed by atoms with van der Waals surface area (Å²) in [5.41, 5.74) is 4.66. The molecule has 1 amide bonds. The van der Waals surface area contributed by atoms with Gasteiger partial charge in [0.05, 0.1) is 18.1 Å². The number of rotatable bonds is 3. The predicted octanol–water partition coefficient (Wildman–Crippen LogP) is 3.36. The second-order valence-electron chi connectivity index (χ2n) is 4.83. The van der Waals surface area contributed by atoms with Crippen molar-refractivity contribution < 1.29 is 4.79 Å². The van der Waals surface area contributed by atoms with Crippen LogP contribution < -0.4 is 5.32 Å². The number of nitrogens with zero attached hydrogens (tertiary/aromatic N) is 1. The van der Waals surface area contributed by atoms with Crippen molar-refractivity contribution in [3.8, 4) is 6.07 Å². The molecule has 0 saturated carbocycles. The Labute approximate surface area is 118 Å². The first-order valence-electron chi connectivity index (χ1n) is 6.44. The van der Waals surface area contributed by atoms with Crippen molar-refractivity contribution in [1.82, 2.24) is 0 Å². The minimum Gasteiger partial charge on any atom is -0.326 e. The summed E-state index contributed by atoms with van der Waals surface area (Å²) in [6.07, 6.45) is 0.304. The zero-order chi connectivity index (χ0) is 14.5. The molecule has 3 nitrogen and oxygen atoms in total. The van der Waals surface area contributed by atoms with Gasteiger partial charge in [-0.15, -0.1) is 0 Å². The van der Waals surface area contributed by atoms with Crippen LogP contribution in [0.1, 0.15) is 22.3 Å². The molecule has 0 unspecified atom stereocenters. The standard InChI is InChI=1S/C17H16N2O/c1-12-3-8-16(9-13(12)2)19-17(20)10-14-4-6-15(11-18)7-5-14/h3-9H,10H2,1-2H3,(H,19,20). The molecule has 1 N–H and O–H groups in total. The molecule has 0 heterocycles. The summed E-state index contributed by atoms with van der Waals surface area (Å²) in [6, 6.07) is 15.0. The Balaban J connectivity index is 2.01. The van der Waals surface area contributed by atoms with E-state index in [1.807, 2.05) is 32.0 Å². The second-order valence-corrected chi connectivity index (χ2v) is 4.83. The molecule has 0 aliphatic carbocycles. The number of nitrogens with one attached hydrogen (secondary N) is 1. The van der Waals surface area contributed by atoms with E-state index in [1.54, 1.807) is 24.3 Å². The molecule has 0 bridgehead atoms. The third kappa shape index (κ3) is 3.46. The van der Waals surface area contributed by atoms with Crippen LogP contribution in [0.25, 0.3) is 0 Å². The number of anilines is 1. The van der Waals surface area contributed by atoms with Gasteiger partial charge in [-0.2, -0.15) is 5.26 Å². The normalized spacial score (nSPS) is 9.85. The predicted molar refractivity (Wildman–Crippen MR) is 79.4 cm³/mol. The fourth-order valence-corrected chi connectivity index (χ4v) is 1.91. The quantitative estimate of drug-likeness (QED) is 0.924. The summed E-state index contributed by atoms with van der Waals surface area (Å²) >= 11 is 0. The third-order valence-corrected chi connectivity index (χ3v) is 3.24. The molecule has 0 aliphatic rings. The molecule has 0 aliphatic heterocycles. The minimum absolute atomic E-state index is 0.0574. The highest BCUT2D eigenvalue weighted by atomic mass is 16.1. The number of carbonyl (C=O) groups excluding carboxylic acids is 1. The SMILES string of the molecule is Cc1ccc(NC(=O)Cc2ccc(C#N)cc2)cc1C. The molecule has 20 heavy (non-hydrogen) atoms. The van der Waals surface area contributed by atoms with Gasteiger partial charge in [0.1, 0.15) is 0 Å². The summed E-state index contributed by atoms with van der Waals surface area (Å²) < 4.78 is 0. The number of nitriles is 1. The number of hydrogen-bond acceptors (Lipinski definition) is 2. The summed E-state index contributed by atoms with van der Waals surface area (Å²) in [4.78, 5) is 12.0. The van der Waals surface area contributed by atoms with Gasteiger partial charge in [0, 0.05) is 5.69 Å². The number of benzene rings is 2. The van der Waals surface area contributed by atoms with E-state index in [4.69, 9.17) is 5.26 Å². The zero-order valence-electron chi connectivity index (χ0n) is 11.6. The molecule has 0 fully saturated rings. The fourth-order valence-electron chi connectivity index (χ4n) is 1.91. The summed E-state index contributed by atoms with van der Waals surface area (Å²) in [7, 11) is 0. The van der Waals surface area contributed by atoms with Crippen LogP contribution in [0, 0.1) is 25.2 Å². The van der Waals surface area contributed by atoms with Crippen LogP contribution in [0.5, 0.6) is 0 Å². The smallest absolute Gasteiger partial charge is 0.228 e. The van der Waals surface area contributed by atoms with Gasteiger partial charge in [0.15, 0.2) is 0 Å². The Morgan fingerprint density at radius 3 is 2.40 bits per heavy atom. The lowest BCUT2D eigenvalue weighted by Gasteiger charge is -2.07. The van der Waals surface area contributed by atoms with Gasteiger partial charge in [0.25, 0.3) is 0 Å². The van der Waals surface area contributed by atoms with Gasteiger partial charge < -0.3 is 5.32 Å². The van der Waals surface area contributed by atoms with Crippen molar-refractivity contribution in [2.24, 2.45) is 0 Å². The molecule has 2 rings (SSSR count). The van der Waals surface area contributed by atoms with Gasteiger partial charge in [-0.25, -0.2) is 0 Å². The molecule has 0 saturated heterocycles. The van der Waals surface area contributed by atoms with Gasteiger partial charge in [-0.05, 0) is 54.8 Å². The van der Waals surface area contributed by atoms with E-state index < -0.39 is 0 Å². The first kappa shape index (κ1) is 13.8.